The molecule has 0 aliphatic heterocycles. The largest absolute Gasteiger partial charge is 0.472 e. The first kappa shape index (κ1) is 78.5. The van der Waals surface area contributed by atoms with Crippen molar-refractivity contribution >= 4 is 19.8 Å². The summed E-state index contributed by atoms with van der Waals surface area (Å²) in [5.74, 6) is -0.816. The van der Waals surface area contributed by atoms with Gasteiger partial charge in [0.2, 0.25) is 0 Å². The third-order valence-corrected chi connectivity index (χ3v) is 16.0. The molecule has 2 unspecified atom stereocenters. The van der Waals surface area contributed by atoms with Crippen LogP contribution in [0.15, 0.2) is 72.9 Å². The van der Waals surface area contributed by atoms with E-state index >= 15 is 0 Å². The topological polar surface area (TPSA) is 134 Å². The molecular formula is C71H130NO8P. The van der Waals surface area contributed by atoms with Crippen LogP contribution in [0.5, 0.6) is 0 Å². The quantitative estimate of drug-likeness (QED) is 0.0264. The molecule has 2 atom stereocenters. The molecule has 0 amide bonds. The zero-order chi connectivity index (χ0) is 58.7. The van der Waals surface area contributed by atoms with Gasteiger partial charge in [0.15, 0.2) is 6.10 Å². The summed E-state index contributed by atoms with van der Waals surface area (Å²) in [7, 11) is -4.39. The minimum atomic E-state index is -4.39. The van der Waals surface area contributed by atoms with Gasteiger partial charge in [-0.15, -0.1) is 0 Å². The highest BCUT2D eigenvalue weighted by Gasteiger charge is 2.26. The lowest BCUT2D eigenvalue weighted by molar-refractivity contribution is -0.161. The van der Waals surface area contributed by atoms with Crippen LogP contribution in [-0.2, 0) is 32.7 Å². The Kier molecular flexibility index (Phi) is 64.5. The average Bonchev–Trinajstić information content (AvgIpc) is 3.46. The maximum absolute atomic E-state index is 12.8. The Balaban J connectivity index is 3.88. The SMILES string of the molecule is CCCCCCC/C=C\C/C=C\C/C=C\CCCCCCCCCCCCCCCCCCC(=O)OC(COC(=O)CCCCCCCCCCCCCCCC/C=C\C/C=C\C/C=C\CCCCCCC)COP(=O)(O)OCCN. The van der Waals surface area contributed by atoms with Crippen LogP contribution >= 0.6 is 7.82 Å². The van der Waals surface area contributed by atoms with E-state index in [2.05, 4.69) is 86.8 Å². The number of nitrogens with two attached hydrogens (primary N) is 1. The molecule has 0 spiro atoms. The second-order valence-corrected chi connectivity index (χ2v) is 24.5. The van der Waals surface area contributed by atoms with E-state index < -0.39 is 26.5 Å². The zero-order valence-electron chi connectivity index (χ0n) is 53.0. The van der Waals surface area contributed by atoms with E-state index in [-0.39, 0.29) is 38.6 Å². The summed E-state index contributed by atoms with van der Waals surface area (Å²) in [6.07, 6.45) is 87.0. The van der Waals surface area contributed by atoms with Crippen molar-refractivity contribution < 1.29 is 37.6 Å². The highest BCUT2D eigenvalue weighted by Crippen LogP contribution is 2.43. The molecule has 0 aliphatic rings. The van der Waals surface area contributed by atoms with Crippen LogP contribution in [0, 0.1) is 0 Å². The first-order valence-corrected chi connectivity index (χ1v) is 35.9. The number of ether oxygens (including phenoxy) is 2. The van der Waals surface area contributed by atoms with Crippen molar-refractivity contribution in [2.45, 2.75) is 341 Å². The summed E-state index contributed by atoms with van der Waals surface area (Å²) in [6, 6.07) is 0. The number of allylic oxidation sites excluding steroid dienone is 12. The van der Waals surface area contributed by atoms with E-state index in [9.17, 15) is 19.0 Å². The fourth-order valence-electron chi connectivity index (χ4n) is 9.95. The molecule has 0 heterocycles. The second-order valence-electron chi connectivity index (χ2n) is 23.0. The maximum Gasteiger partial charge on any atom is 0.472 e. The molecule has 0 saturated heterocycles. The minimum Gasteiger partial charge on any atom is -0.462 e. The van der Waals surface area contributed by atoms with Gasteiger partial charge in [0.05, 0.1) is 13.2 Å². The molecular weight excluding hydrogens is 1030 g/mol. The van der Waals surface area contributed by atoms with Crippen LogP contribution in [0.1, 0.15) is 335 Å². The smallest absolute Gasteiger partial charge is 0.462 e. The normalized spacial score (nSPS) is 13.4. The number of phosphoric acid groups is 1. The summed E-state index contributed by atoms with van der Waals surface area (Å²) in [6.45, 7) is 3.76. The van der Waals surface area contributed by atoms with Gasteiger partial charge in [0.1, 0.15) is 6.61 Å². The van der Waals surface area contributed by atoms with Gasteiger partial charge in [0.25, 0.3) is 0 Å². The Morgan fingerprint density at radius 1 is 0.370 bits per heavy atom. The summed E-state index contributed by atoms with van der Waals surface area (Å²) in [4.78, 5) is 35.3. The van der Waals surface area contributed by atoms with Crippen LogP contribution in [0.25, 0.3) is 0 Å². The van der Waals surface area contributed by atoms with Gasteiger partial charge in [0, 0.05) is 19.4 Å². The molecule has 472 valence electrons. The van der Waals surface area contributed by atoms with Crippen molar-refractivity contribution in [1.29, 1.82) is 0 Å². The van der Waals surface area contributed by atoms with Crippen LogP contribution < -0.4 is 5.73 Å². The van der Waals surface area contributed by atoms with Gasteiger partial charge < -0.3 is 20.1 Å². The van der Waals surface area contributed by atoms with Crippen molar-refractivity contribution in [3.63, 3.8) is 0 Å². The van der Waals surface area contributed by atoms with E-state index in [1.807, 2.05) is 0 Å². The van der Waals surface area contributed by atoms with E-state index in [0.717, 1.165) is 64.2 Å². The van der Waals surface area contributed by atoms with Gasteiger partial charge in [-0.1, -0.05) is 305 Å². The lowest BCUT2D eigenvalue weighted by Crippen LogP contribution is -2.29. The number of hydrogen-bond donors (Lipinski definition) is 2. The number of phosphoric ester groups is 1. The Labute approximate surface area is 501 Å². The molecule has 0 rings (SSSR count). The van der Waals surface area contributed by atoms with E-state index in [1.54, 1.807) is 0 Å². The van der Waals surface area contributed by atoms with Gasteiger partial charge in [-0.25, -0.2) is 4.57 Å². The predicted octanol–water partition coefficient (Wildman–Crippen LogP) is 22.4. The molecule has 0 saturated carbocycles. The first-order chi connectivity index (χ1) is 39.8. The first-order valence-electron chi connectivity index (χ1n) is 34.4. The molecule has 0 aromatic rings. The van der Waals surface area contributed by atoms with E-state index in [0.29, 0.717) is 6.42 Å². The third kappa shape index (κ3) is 66.5. The second kappa shape index (κ2) is 66.6. The highest BCUT2D eigenvalue weighted by atomic mass is 31.2. The molecule has 0 aliphatic carbocycles. The van der Waals surface area contributed by atoms with Gasteiger partial charge in [-0.2, -0.15) is 0 Å². The van der Waals surface area contributed by atoms with Crippen LogP contribution in [0.4, 0.5) is 0 Å². The van der Waals surface area contributed by atoms with Crippen molar-refractivity contribution in [1.82, 2.24) is 0 Å². The van der Waals surface area contributed by atoms with Crippen molar-refractivity contribution in [2.24, 2.45) is 5.73 Å². The Hall–Kier alpha value is -2.55. The standard InChI is InChI=1S/C71H130NO8P/c1-3-5-7-9-11-13-15-17-19-21-23-25-27-29-31-33-34-36-38-40-42-44-46-48-50-52-54-56-58-60-62-64-71(74)80-69(68-79-81(75,76)78-66-65-72)67-77-70(73)63-61-59-57-55-53-51-49-47-45-43-41-39-37-35-32-30-28-26-24-22-20-18-16-14-12-10-8-6-4-2/h15-18,21-24,27-30,69H,3-14,19-20,25-26,31-68,72H2,1-2H3,(H,75,76)/b17-15-,18-16-,23-21-,24-22-,29-27-,30-28-. The Morgan fingerprint density at radius 2 is 0.642 bits per heavy atom. The minimum absolute atomic E-state index is 0.0525. The number of carbonyl (C=O) groups excluding carboxylic acids is 2. The fourth-order valence-corrected chi connectivity index (χ4v) is 10.7. The summed E-state index contributed by atoms with van der Waals surface area (Å²) in [5, 5.41) is 0. The lowest BCUT2D eigenvalue weighted by atomic mass is 10.0. The predicted molar refractivity (Wildman–Crippen MR) is 349 cm³/mol. The average molecular weight is 1160 g/mol. The van der Waals surface area contributed by atoms with E-state index in [4.69, 9.17) is 24.3 Å². The maximum atomic E-state index is 12.8. The monoisotopic (exact) mass is 1160 g/mol. The number of carbonyl (C=O) groups is 2. The molecule has 0 aromatic carbocycles. The molecule has 0 bridgehead atoms. The molecule has 0 fully saturated rings. The lowest BCUT2D eigenvalue weighted by Gasteiger charge is -2.19. The summed E-state index contributed by atoms with van der Waals surface area (Å²) < 4.78 is 33.2. The third-order valence-electron chi connectivity index (χ3n) is 15.1. The Bertz CT molecular complexity index is 1560. The van der Waals surface area contributed by atoms with Crippen molar-refractivity contribution in [3.05, 3.63) is 72.9 Å². The highest BCUT2D eigenvalue weighted by molar-refractivity contribution is 7.47. The number of rotatable bonds is 65. The summed E-state index contributed by atoms with van der Waals surface area (Å²) >= 11 is 0. The molecule has 10 heteroatoms. The van der Waals surface area contributed by atoms with Crippen LogP contribution in [-0.4, -0.2) is 49.3 Å². The number of esters is 2. The summed E-state index contributed by atoms with van der Waals surface area (Å²) in [5.41, 5.74) is 5.40. The van der Waals surface area contributed by atoms with Crippen LogP contribution in [0.3, 0.4) is 0 Å². The fraction of sp³-hybridized carbons (Fsp3) is 0.803. The Morgan fingerprint density at radius 3 is 0.951 bits per heavy atom. The molecule has 0 aromatic heterocycles. The van der Waals surface area contributed by atoms with Gasteiger partial charge in [-0.05, 0) is 89.9 Å². The van der Waals surface area contributed by atoms with Crippen molar-refractivity contribution in [3.8, 4) is 0 Å². The van der Waals surface area contributed by atoms with Crippen molar-refractivity contribution in [2.75, 3.05) is 26.4 Å². The number of unbranched alkanes of at least 4 members (excludes halogenated alkanes) is 40. The zero-order valence-corrected chi connectivity index (χ0v) is 53.9. The molecule has 3 N–H and O–H groups in total. The van der Waals surface area contributed by atoms with E-state index in [1.165, 1.54) is 238 Å². The van der Waals surface area contributed by atoms with Gasteiger partial charge >= 0.3 is 19.8 Å². The molecule has 0 radical (unpaired) electrons. The van der Waals surface area contributed by atoms with Gasteiger partial charge in [-0.3, -0.25) is 18.6 Å². The van der Waals surface area contributed by atoms with Crippen LogP contribution in [0.2, 0.25) is 0 Å². The number of hydrogen-bond acceptors (Lipinski definition) is 8. The molecule has 81 heavy (non-hydrogen) atoms. The molecule has 9 nitrogen and oxygen atoms in total.